The van der Waals surface area contributed by atoms with E-state index in [9.17, 15) is 4.79 Å². The molecule has 5 nitrogen and oxygen atoms in total. The lowest BCUT2D eigenvalue weighted by Crippen LogP contribution is -2.11. The summed E-state index contributed by atoms with van der Waals surface area (Å²) in [5, 5.41) is 9.76. The fraction of sp³-hybridized carbons (Fsp3) is 0.0714. The first-order valence-electron chi connectivity index (χ1n) is 6.07. The molecule has 0 saturated carbocycles. The Hall–Kier alpha value is -2.31. The fourth-order valence-electron chi connectivity index (χ4n) is 1.82. The highest BCUT2D eigenvalue weighted by Crippen LogP contribution is 2.27. The van der Waals surface area contributed by atoms with Gasteiger partial charge in [0.25, 0.3) is 0 Å². The zero-order chi connectivity index (χ0) is 13.9. The molecule has 0 bridgehead atoms. The van der Waals surface area contributed by atoms with Crippen molar-refractivity contribution in [3.63, 3.8) is 0 Å². The number of nitrogens with zero attached hydrogens (tertiary/aromatic N) is 2. The molecule has 1 unspecified atom stereocenters. The summed E-state index contributed by atoms with van der Waals surface area (Å²) in [6.45, 7) is 0. The molecule has 0 amide bonds. The van der Waals surface area contributed by atoms with Gasteiger partial charge in [0.15, 0.2) is 0 Å². The monoisotopic (exact) mass is 284 g/mol. The Morgan fingerprint density at radius 3 is 2.60 bits per heavy atom. The molecule has 20 heavy (non-hydrogen) atoms. The van der Waals surface area contributed by atoms with Crippen molar-refractivity contribution in [3.8, 4) is 10.6 Å². The van der Waals surface area contributed by atoms with Crippen molar-refractivity contribution >= 4 is 11.3 Å². The number of nitrogens with two attached hydrogens (primary N) is 1. The van der Waals surface area contributed by atoms with Crippen LogP contribution in [0, 0.1) is 0 Å². The SMILES string of the molecule is NC(c1ccccc1)c1nnc(-c2ccc(=O)[nH]c2)s1. The summed E-state index contributed by atoms with van der Waals surface area (Å²) in [6.07, 6.45) is 1.63. The molecule has 0 spiro atoms. The minimum absolute atomic E-state index is 0.139. The van der Waals surface area contributed by atoms with Gasteiger partial charge >= 0.3 is 0 Å². The van der Waals surface area contributed by atoms with E-state index >= 15 is 0 Å². The zero-order valence-electron chi connectivity index (χ0n) is 10.5. The van der Waals surface area contributed by atoms with E-state index in [1.165, 1.54) is 17.4 Å². The Morgan fingerprint density at radius 1 is 1.10 bits per heavy atom. The Bertz CT molecular complexity index is 746. The first-order valence-corrected chi connectivity index (χ1v) is 6.89. The summed E-state index contributed by atoms with van der Waals surface area (Å²) < 4.78 is 0. The third-order valence-corrected chi connectivity index (χ3v) is 3.95. The lowest BCUT2D eigenvalue weighted by Gasteiger charge is -2.06. The van der Waals surface area contributed by atoms with Crippen molar-refractivity contribution in [2.45, 2.75) is 6.04 Å². The van der Waals surface area contributed by atoms with Crippen LogP contribution in [0.5, 0.6) is 0 Å². The highest BCUT2D eigenvalue weighted by Gasteiger charge is 2.15. The maximum atomic E-state index is 11.0. The van der Waals surface area contributed by atoms with Crippen molar-refractivity contribution in [2.75, 3.05) is 0 Å². The third kappa shape index (κ3) is 2.52. The second-order valence-electron chi connectivity index (χ2n) is 4.28. The van der Waals surface area contributed by atoms with Crippen molar-refractivity contribution in [1.82, 2.24) is 15.2 Å². The Morgan fingerprint density at radius 2 is 1.90 bits per heavy atom. The molecule has 0 fully saturated rings. The Balaban J connectivity index is 1.90. The molecule has 1 atom stereocenters. The molecule has 3 rings (SSSR count). The zero-order valence-corrected chi connectivity index (χ0v) is 11.3. The molecule has 0 aliphatic carbocycles. The fourth-order valence-corrected chi connectivity index (χ4v) is 2.69. The van der Waals surface area contributed by atoms with E-state index in [1.54, 1.807) is 12.3 Å². The van der Waals surface area contributed by atoms with Crippen LogP contribution in [0.25, 0.3) is 10.6 Å². The maximum Gasteiger partial charge on any atom is 0.247 e. The van der Waals surface area contributed by atoms with Gasteiger partial charge < -0.3 is 10.7 Å². The van der Waals surface area contributed by atoms with Gasteiger partial charge in [-0.25, -0.2) is 0 Å². The van der Waals surface area contributed by atoms with Crippen LogP contribution in [0.15, 0.2) is 53.5 Å². The molecule has 2 heterocycles. The van der Waals surface area contributed by atoms with Gasteiger partial charge in [-0.1, -0.05) is 41.7 Å². The molecule has 0 saturated heterocycles. The van der Waals surface area contributed by atoms with Gasteiger partial charge in [0, 0.05) is 17.8 Å². The van der Waals surface area contributed by atoms with E-state index < -0.39 is 0 Å². The molecule has 0 aliphatic rings. The van der Waals surface area contributed by atoms with Crippen molar-refractivity contribution in [2.24, 2.45) is 5.73 Å². The maximum absolute atomic E-state index is 11.0. The minimum atomic E-state index is -0.287. The first kappa shape index (κ1) is 12.7. The van der Waals surface area contributed by atoms with E-state index in [1.807, 2.05) is 30.3 Å². The van der Waals surface area contributed by atoms with Crippen LogP contribution in [-0.2, 0) is 0 Å². The van der Waals surface area contributed by atoms with Gasteiger partial charge in [-0.05, 0) is 11.6 Å². The van der Waals surface area contributed by atoms with Gasteiger partial charge in [0.05, 0.1) is 6.04 Å². The smallest absolute Gasteiger partial charge is 0.247 e. The lowest BCUT2D eigenvalue weighted by atomic mass is 10.1. The Labute approximate surface area is 119 Å². The quantitative estimate of drug-likeness (QED) is 0.769. The summed E-state index contributed by atoms with van der Waals surface area (Å²) in [5.41, 5.74) is 7.87. The summed E-state index contributed by atoms with van der Waals surface area (Å²) in [6, 6.07) is 12.7. The number of hydrogen-bond acceptors (Lipinski definition) is 5. The van der Waals surface area contributed by atoms with Gasteiger partial charge in [0.1, 0.15) is 10.0 Å². The number of H-pyrrole nitrogens is 1. The molecule has 2 aromatic heterocycles. The van der Waals surface area contributed by atoms with Gasteiger partial charge in [-0.3, -0.25) is 4.79 Å². The standard InChI is InChI=1S/C14H12N4OS/c15-12(9-4-2-1-3-5-9)14-18-17-13(20-14)10-6-7-11(19)16-8-10/h1-8,12H,15H2,(H,16,19). The summed E-state index contributed by atoms with van der Waals surface area (Å²) >= 11 is 1.43. The minimum Gasteiger partial charge on any atom is -0.328 e. The molecule has 0 aliphatic heterocycles. The highest BCUT2D eigenvalue weighted by molar-refractivity contribution is 7.14. The second-order valence-corrected chi connectivity index (χ2v) is 5.28. The van der Waals surface area contributed by atoms with Gasteiger partial charge in [0.2, 0.25) is 5.56 Å². The molecule has 3 N–H and O–H groups in total. The molecule has 1 aromatic carbocycles. The van der Waals surface area contributed by atoms with Crippen LogP contribution < -0.4 is 11.3 Å². The van der Waals surface area contributed by atoms with E-state index in [-0.39, 0.29) is 11.6 Å². The van der Waals surface area contributed by atoms with E-state index in [2.05, 4.69) is 15.2 Å². The predicted octanol–water partition coefficient (Wildman–Crippen LogP) is 1.94. The average Bonchev–Trinajstić information content (AvgIpc) is 2.98. The average molecular weight is 284 g/mol. The summed E-state index contributed by atoms with van der Waals surface area (Å²) in [7, 11) is 0. The topological polar surface area (TPSA) is 84.7 Å². The molecular weight excluding hydrogens is 272 g/mol. The number of rotatable bonds is 3. The molecular formula is C14H12N4OS. The molecule has 3 aromatic rings. The molecule has 6 heteroatoms. The number of benzene rings is 1. The number of aromatic nitrogens is 3. The number of nitrogens with one attached hydrogen (secondary N) is 1. The lowest BCUT2D eigenvalue weighted by molar-refractivity contribution is 0.831. The van der Waals surface area contributed by atoms with Crippen LogP contribution in [0.2, 0.25) is 0 Å². The van der Waals surface area contributed by atoms with Crippen molar-refractivity contribution < 1.29 is 0 Å². The third-order valence-electron chi connectivity index (χ3n) is 2.90. The van der Waals surface area contributed by atoms with Gasteiger partial charge in [-0.15, -0.1) is 10.2 Å². The number of hydrogen-bond donors (Lipinski definition) is 2. The van der Waals surface area contributed by atoms with Crippen LogP contribution in [0.1, 0.15) is 16.6 Å². The van der Waals surface area contributed by atoms with Crippen molar-refractivity contribution in [3.05, 3.63) is 69.6 Å². The van der Waals surface area contributed by atoms with Crippen LogP contribution in [-0.4, -0.2) is 15.2 Å². The first-order chi connectivity index (χ1) is 9.74. The van der Waals surface area contributed by atoms with E-state index in [0.717, 1.165) is 21.1 Å². The van der Waals surface area contributed by atoms with E-state index in [4.69, 9.17) is 5.73 Å². The number of aromatic amines is 1. The number of pyridine rings is 1. The summed E-state index contributed by atoms with van der Waals surface area (Å²) in [4.78, 5) is 13.7. The normalized spacial score (nSPS) is 12.2. The largest absolute Gasteiger partial charge is 0.328 e. The van der Waals surface area contributed by atoms with Crippen LogP contribution in [0.3, 0.4) is 0 Å². The van der Waals surface area contributed by atoms with Crippen molar-refractivity contribution in [1.29, 1.82) is 0 Å². The van der Waals surface area contributed by atoms with E-state index in [0.29, 0.717) is 0 Å². The predicted molar refractivity (Wildman–Crippen MR) is 78.4 cm³/mol. The molecule has 100 valence electrons. The van der Waals surface area contributed by atoms with Crippen LogP contribution in [0.4, 0.5) is 0 Å². The second kappa shape index (κ2) is 5.36. The summed E-state index contributed by atoms with van der Waals surface area (Å²) in [5.74, 6) is 0. The Kier molecular flexibility index (Phi) is 3.41. The van der Waals surface area contributed by atoms with Crippen LogP contribution >= 0.6 is 11.3 Å². The molecule has 0 radical (unpaired) electrons. The van der Waals surface area contributed by atoms with Gasteiger partial charge in [-0.2, -0.15) is 0 Å². The highest BCUT2D eigenvalue weighted by atomic mass is 32.1.